The van der Waals surface area contributed by atoms with Crippen molar-refractivity contribution >= 4 is 11.9 Å². The third kappa shape index (κ3) is 4.36. The number of nitrogens with one attached hydrogen (secondary N) is 1. The molecule has 7 nitrogen and oxygen atoms in total. The van der Waals surface area contributed by atoms with Crippen LogP contribution >= 0.6 is 0 Å². The molecule has 0 aromatic carbocycles. The average Bonchev–Trinajstić information content (AvgIpc) is 2.32. The van der Waals surface area contributed by atoms with Crippen LogP contribution in [-0.4, -0.2) is 33.1 Å². The van der Waals surface area contributed by atoms with Gasteiger partial charge in [-0.1, -0.05) is 6.92 Å². The smallest absolute Gasteiger partial charge is 0.347 e. The second kappa shape index (κ2) is 6.53. The molecule has 0 fully saturated rings. The van der Waals surface area contributed by atoms with Gasteiger partial charge in [-0.15, -0.1) is 0 Å². The minimum absolute atomic E-state index is 0.117. The summed E-state index contributed by atoms with van der Waals surface area (Å²) in [5.74, 6) is -1.75. The number of carboxylic acid groups (broad SMARTS) is 1. The highest BCUT2D eigenvalue weighted by atomic mass is 16.4. The zero-order chi connectivity index (χ0) is 13.5. The molecule has 1 unspecified atom stereocenters. The van der Waals surface area contributed by atoms with E-state index in [0.717, 1.165) is 0 Å². The third-order valence-electron chi connectivity index (χ3n) is 2.42. The largest absolute Gasteiger partial charge is 0.481 e. The van der Waals surface area contributed by atoms with Gasteiger partial charge in [0.25, 0.3) is 0 Å². The predicted molar refractivity (Wildman–Crippen MR) is 62.9 cm³/mol. The Hall–Kier alpha value is -2.18. The molecule has 1 aromatic heterocycles. The molecule has 1 heterocycles. The molecule has 7 heteroatoms. The first kappa shape index (κ1) is 13.9. The van der Waals surface area contributed by atoms with Crippen molar-refractivity contribution in [3.8, 4) is 0 Å². The number of nitrogens with zero attached hydrogens (tertiary/aromatic N) is 2. The zero-order valence-electron chi connectivity index (χ0n) is 10.00. The van der Waals surface area contributed by atoms with Gasteiger partial charge < -0.3 is 10.4 Å². The second-order valence-corrected chi connectivity index (χ2v) is 3.91. The van der Waals surface area contributed by atoms with Crippen molar-refractivity contribution < 1.29 is 14.7 Å². The Kier molecular flexibility index (Phi) is 5.04. The summed E-state index contributed by atoms with van der Waals surface area (Å²) in [6.45, 7) is 1.72. The van der Waals surface area contributed by atoms with E-state index in [1.165, 1.54) is 17.0 Å². The van der Waals surface area contributed by atoms with Gasteiger partial charge in [-0.2, -0.15) is 0 Å². The molecule has 18 heavy (non-hydrogen) atoms. The number of amides is 1. The molecule has 98 valence electrons. The van der Waals surface area contributed by atoms with Crippen LogP contribution in [0.5, 0.6) is 0 Å². The summed E-state index contributed by atoms with van der Waals surface area (Å²) in [6, 6.07) is 1.56. The minimum Gasteiger partial charge on any atom is -0.481 e. The standard InChI is InChI=1S/C11H15N3O4/c1-8(10(16)17)3-5-12-9(15)7-14-6-2-4-13-11(14)18/h2,4,6,8H,3,5,7H2,1H3,(H,12,15)(H,16,17). The maximum Gasteiger partial charge on any atom is 0.347 e. The molecule has 0 saturated carbocycles. The van der Waals surface area contributed by atoms with Crippen molar-refractivity contribution in [2.75, 3.05) is 6.54 Å². The van der Waals surface area contributed by atoms with Crippen molar-refractivity contribution in [3.63, 3.8) is 0 Å². The van der Waals surface area contributed by atoms with Crippen LogP contribution in [0.2, 0.25) is 0 Å². The highest BCUT2D eigenvalue weighted by Crippen LogP contribution is 1.99. The molecule has 0 saturated heterocycles. The van der Waals surface area contributed by atoms with Crippen molar-refractivity contribution in [2.45, 2.75) is 19.9 Å². The molecule has 0 spiro atoms. The topological polar surface area (TPSA) is 101 Å². The first-order chi connectivity index (χ1) is 8.50. The van der Waals surface area contributed by atoms with Gasteiger partial charge in [0.05, 0.1) is 5.92 Å². The van der Waals surface area contributed by atoms with E-state index in [1.54, 1.807) is 13.0 Å². The number of carbonyl (C=O) groups excluding carboxylic acids is 1. The Morgan fingerprint density at radius 1 is 1.56 bits per heavy atom. The van der Waals surface area contributed by atoms with Crippen molar-refractivity contribution in [3.05, 3.63) is 28.9 Å². The van der Waals surface area contributed by atoms with Crippen LogP contribution in [0.25, 0.3) is 0 Å². The van der Waals surface area contributed by atoms with Crippen LogP contribution in [0.3, 0.4) is 0 Å². The zero-order valence-corrected chi connectivity index (χ0v) is 10.00. The number of carbonyl (C=O) groups is 2. The SMILES string of the molecule is CC(CCNC(=O)Cn1cccnc1=O)C(=O)O. The summed E-state index contributed by atoms with van der Waals surface area (Å²) in [5.41, 5.74) is -0.494. The lowest BCUT2D eigenvalue weighted by molar-refractivity contribution is -0.141. The van der Waals surface area contributed by atoms with E-state index in [1.807, 2.05) is 0 Å². The number of rotatable bonds is 6. The van der Waals surface area contributed by atoms with Gasteiger partial charge in [0.2, 0.25) is 5.91 Å². The molecule has 1 aromatic rings. The number of hydrogen-bond acceptors (Lipinski definition) is 4. The van der Waals surface area contributed by atoms with Crippen LogP contribution in [0.1, 0.15) is 13.3 Å². The Labute approximate surface area is 103 Å². The van der Waals surface area contributed by atoms with Crippen LogP contribution in [-0.2, 0) is 16.1 Å². The Morgan fingerprint density at radius 3 is 2.89 bits per heavy atom. The van der Waals surface area contributed by atoms with E-state index in [9.17, 15) is 14.4 Å². The summed E-state index contributed by atoms with van der Waals surface area (Å²) in [7, 11) is 0. The Morgan fingerprint density at radius 2 is 2.28 bits per heavy atom. The van der Waals surface area contributed by atoms with Gasteiger partial charge in [0, 0.05) is 18.9 Å². The van der Waals surface area contributed by atoms with E-state index in [0.29, 0.717) is 6.42 Å². The molecule has 1 amide bonds. The van der Waals surface area contributed by atoms with Crippen molar-refractivity contribution in [1.29, 1.82) is 0 Å². The second-order valence-electron chi connectivity index (χ2n) is 3.91. The van der Waals surface area contributed by atoms with Gasteiger partial charge >= 0.3 is 11.7 Å². The average molecular weight is 253 g/mol. The molecule has 0 bridgehead atoms. The summed E-state index contributed by atoms with van der Waals surface area (Å²) >= 11 is 0. The first-order valence-electron chi connectivity index (χ1n) is 5.51. The van der Waals surface area contributed by atoms with Crippen LogP contribution < -0.4 is 11.0 Å². The van der Waals surface area contributed by atoms with E-state index >= 15 is 0 Å². The third-order valence-corrected chi connectivity index (χ3v) is 2.42. The number of aliphatic carboxylic acids is 1. The fourth-order valence-electron chi connectivity index (χ4n) is 1.27. The van der Waals surface area contributed by atoms with Gasteiger partial charge in [-0.3, -0.25) is 14.2 Å². The van der Waals surface area contributed by atoms with Gasteiger partial charge in [-0.25, -0.2) is 9.78 Å². The minimum atomic E-state index is -0.896. The Balaban J connectivity index is 2.37. The van der Waals surface area contributed by atoms with E-state index in [4.69, 9.17) is 5.11 Å². The number of aromatic nitrogens is 2. The highest BCUT2D eigenvalue weighted by molar-refractivity contribution is 5.75. The van der Waals surface area contributed by atoms with Crippen molar-refractivity contribution in [2.24, 2.45) is 5.92 Å². The molecule has 0 radical (unpaired) electrons. The van der Waals surface area contributed by atoms with Gasteiger partial charge in [0.1, 0.15) is 6.54 Å². The summed E-state index contributed by atoms with van der Waals surface area (Å²) in [5, 5.41) is 11.2. The summed E-state index contributed by atoms with van der Waals surface area (Å²) < 4.78 is 1.18. The number of hydrogen-bond donors (Lipinski definition) is 2. The lowest BCUT2D eigenvalue weighted by Gasteiger charge is -2.08. The molecular formula is C11H15N3O4. The lowest BCUT2D eigenvalue weighted by atomic mass is 10.1. The number of carboxylic acids is 1. The summed E-state index contributed by atoms with van der Waals surface area (Å²) in [4.78, 5) is 36.7. The fourth-order valence-corrected chi connectivity index (χ4v) is 1.27. The monoisotopic (exact) mass is 253 g/mol. The molecule has 2 N–H and O–H groups in total. The molecule has 0 aliphatic carbocycles. The fraction of sp³-hybridized carbons (Fsp3) is 0.455. The highest BCUT2D eigenvalue weighted by Gasteiger charge is 2.11. The first-order valence-corrected chi connectivity index (χ1v) is 5.51. The van der Waals surface area contributed by atoms with Crippen LogP contribution in [0.4, 0.5) is 0 Å². The van der Waals surface area contributed by atoms with Crippen molar-refractivity contribution in [1.82, 2.24) is 14.9 Å². The van der Waals surface area contributed by atoms with Crippen LogP contribution in [0, 0.1) is 5.92 Å². The molecule has 0 aliphatic heterocycles. The molecule has 0 aliphatic rings. The maximum atomic E-state index is 11.5. The normalized spacial score (nSPS) is 11.8. The molecule has 1 atom stereocenters. The predicted octanol–water partition coefficient (Wildman–Crippen LogP) is -0.530. The Bertz CT molecular complexity index is 483. The van der Waals surface area contributed by atoms with Gasteiger partial charge in [0.15, 0.2) is 0 Å². The van der Waals surface area contributed by atoms with E-state index in [2.05, 4.69) is 10.3 Å². The van der Waals surface area contributed by atoms with E-state index < -0.39 is 17.6 Å². The quantitative estimate of drug-likeness (QED) is 0.709. The summed E-state index contributed by atoms with van der Waals surface area (Å²) in [6.07, 6.45) is 3.17. The van der Waals surface area contributed by atoms with Gasteiger partial charge in [-0.05, 0) is 12.5 Å². The van der Waals surface area contributed by atoms with E-state index in [-0.39, 0.29) is 19.0 Å². The molecule has 1 rings (SSSR count). The van der Waals surface area contributed by atoms with Crippen LogP contribution in [0.15, 0.2) is 23.3 Å². The lowest BCUT2D eigenvalue weighted by Crippen LogP contribution is -2.34. The maximum absolute atomic E-state index is 11.5. The molecular weight excluding hydrogens is 238 g/mol.